The summed E-state index contributed by atoms with van der Waals surface area (Å²) >= 11 is 0. The maximum atomic E-state index is 12.2. The van der Waals surface area contributed by atoms with Gasteiger partial charge in [0.2, 0.25) is 5.91 Å². The first-order chi connectivity index (χ1) is 9.08. The summed E-state index contributed by atoms with van der Waals surface area (Å²) in [5.74, 6) is 1.38. The molecule has 1 aliphatic carbocycles. The van der Waals surface area contributed by atoms with Crippen molar-refractivity contribution in [1.29, 1.82) is 0 Å². The Morgan fingerprint density at radius 2 is 1.89 bits per heavy atom. The second-order valence-electron chi connectivity index (χ2n) is 5.86. The topological polar surface area (TPSA) is 55.1 Å². The number of rotatable bonds is 3. The monoisotopic (exact) mass is 260 g/mol. The molecule has 0 aromatic heterocycles. The van der Waals surface area contributed by atoms with Crippen molar-refractivity contribution >= 4 is 5.91 Å². The van der Waals surface area contributed by atoms with E-state index in [0.29, 0.717) is 5.92 Å². The van der Waals surface area contributed by atoms with E-state index in [2.05, 4.69) is 19.2 Å². The lowest BCUT2D eigenvalue weighted by molar-refractivity contribution is -0.123. The highest BCUT2D eigenvalue weighted by molar-refractivity contribution is 5.83. The number of nitrogens with two attached hydrogens (primary N) is 1. The number of nitrogens with one attached hydrogen (secondary N) is 1. The third-order valence-corrected chi connectivity index (χ3v) is 4.39. The summed E-state index contributed by atoms with van der Waals surface area (Å²) in [6.45, 7) is 4.55. The van der Waals surface area contributed by atoms with E-state index in [1.54, 1.807) is 0 Å². The molecular weight excluding hydrogens is 236 g/mol. The molecule has 1 fully saturated rings. The average Bonchev–Trinajstić information content (AvgIpc) is 2.43. The average molecular weight is 260 g/mol. The van der Waals surface area contributed by atoms with Gasteiger partial charge in [0.15, 0.2) is 0 Å². The molecule has 0 bridgehead atoms. The first kappa shape index (κ1) is 14.1. The van der Waals surface area contributed by atoms with Crippen molar-refractivity contribution in [2.75, 3.05) is 0 Å². The maximum absolute atomic E-state index is 12.2. The van der Waals surface area contributed by atoms with Crippen LogP contribution in [0.15, 0.2) is 30.3 Å². The van der Waals surface area contributed by atoms with Crippen LogP contribution in [0.4, 0.5) is 0 Å². The van der Waals surface area contributed by atoms with E-state index in [0.717, 1.165) is 24.3 Å². The van der Waals surface area contributed by atoms with Gasteiger partial charge in [-0.3, -0.25) is 4.79 Å². The molecule has 0 spiro atoms. The number of hydrogen-bond acceptors (Lipinski definition) is 2. The Hall–Kier alpha value is -1.35. The largest absolute Gasteiger partial charge is 0.352 e. The minimum atomic E-state index is -0.559. The molecule has 0 radical (unpaired) electrons. The van der Waals surface area contributed by atoms with E-state index >= 15 is 0 Å². The molecule has 1 aliphatic rings. The van der Waals surface area contributed by atoms with Crippen LogP contribution in [0.25, 0.3) is 0 Å². The summed E-state index contributed by atoms with van der Waals surface area (Å²) in [6.07, 6.45) is 3.32. The molecule has 2 rings (SSSR count). The summed E-state index contributed by atoms with van der Waals surface area (Å²) in [5.41, 5.74) is 6.88. The van der Waals surface area contributed by atoms with Crippen LogP contribution in [-0.2, 0) is 4.79 Å². The molecule has 0 aliphatic heterocycles. The van der Waals surface area contributed by atoms with Crippen molar-refractivity contribution in [3.63, 3.8) is 0 Å². The molecule has 3 nitrogen and oxygen atoms in total. The molecule has 4 atom stereocenters. The number of carbonyl (C=O) groups excluding carboxylic acids is 1. The number of hydrogen-bond donors (Lipinski definition) is 2. The lowest BCUT2D eigenvalue weighted by Crippen LogP contribution is -2.43. The van der Waals surface area contributed by atoms with Gasteiger partial charge in [-0.1, -0.05) is 44.2 Å². The molecule has 3 N–H and O–H groups in total. The van der Waals surface area contributed by atoms with Crippen molar-refractivity contribution in [1.82, 2.24) is 5.32 Å². The first-order valence-corrected chi connectivity index (χ1v) is 7.19. The van der Waals surface area contributed by atoms with E-state index in [1.807, 2.05) is 30.3 Å². The normalized spacial score (nSPS) is 28.7. The number of carbonyl (C=O) groups is 1. The lowest BCUT2D eigenvalue weighted by atomic mass is 9.79. The van der Waals surface area contributed by atoms with E-state index in [1.165, 1.54) is 6.42 Å². The molecule has 1 aromatic rings. The predicted molar refractivity (Wildman–Crippen MR) is 77.5 cm³/mol. The summed E-state index contributed by atoms with van der Waals surface area (Å²) in [7, 11) is 0. The van der Waals surface area contributed by atoms with Crippen LogP contribution in [0.1, 0.15) is 44.7 Å². The highest BCUT2D eigenvalue weighted by atomic mass is 16.2. The molecule has 1 saturated carbocycles. The minimum absolute atomic E-state index is 0.0575. The zero-order chi connectivity index (χ0) is 13.8. The molecule has 0 heterocycles. The fourth-order valence-electron chi connectivity index (χ4n) is 2.78. The predicted octanol–water partition coefficient (Wildman–Crippen LogP) is 2.63. The van der Waals surface area contributed by atoms with Gasteiger partial charge in [-0.05, 0) is 36.7 Å². The highest BCUT2D eigenvalue weighted by Gasteiger charge is 2.27. The third kappa shape index (κ3) is 3.57. The lowest BCUT2D eigenvalue weighted by Gasteiger charge is -2.33. The highest BCUT2D eigenvalue weighted by Crippen LogP contribution is 2.29. The molecule has 1 amide bonds. The third-order valence-electron chi connectivity index (χ3n) is 4.39. The van der Waals surface area contributed by atoms with Gasteiger partial charge in [-0.15, -0.1) is 0 Å². The second-order valence-corrected chi connectivity index (χ2v) is 5.86. The van der Waals surface area contributed by atoms with Crippen LogP contribution in [0.5, 0.6) is 0 Å². The van der Waals surface area contributed by atoms with Gasteiger partial charge in [0.1, 0.15) is 6.04 Å². The second kappa shape index (κ2) is 6.20. The van der Waals surface area contributed by atoms with Crippen LogP contribution in [0, 0.1) is 11.8 Å². The number of benzene rings is 1. The zero-order valence-corrected chi connectivity index (χ0v) is 11.8. The first-order valence-electron chi connectivity index (χ1n) is 7.19. The van der Waals surface area contributed by atoms with Crippen molar-refractivity contribution in [3.05, 3.63) is 35.9 Å². The molecule has 3 heteroatoms. The zero-order valence-electron chi connectivity index (χ0n) is 11.8. The van der Waals surface area contributed by atoms with Crippen LogP contribution >= 0.6 is 0 Å². The van der Waals surface area contributed by atoms with Gasteiger partial charge in [0.25, 0.3) is 0 Å². The van der Waals surface area contributed by atoms with Gasteiger partial charge in [0.05, 0.1) is 0 Å². The molecule has 104 valence electrons. The van der Waals surface area contributed by atoms with Gasteiger partial charge in [-0.25, -0.2) is 0 Å². The van der Waals surface area contributed by atoms with Crippen molar-refractivity contribution < 1.29 is 4.79 Å². The quantitative estimate of drug-likeness (QED) is 0.877. The molecule has 19 heavy (non-hydrogen) atoms. The van der Waals surface area contributed by atoms with E-state index < -0.39 is 6.04 Å². The number of amides is 1. The Kier molecular flexibility index (Phi) is 4.59. The Bertz CT molecular complexity index is 418. The van der Waals surface area contributed by atoms with Gasteiger partial charge in [-0.2, -0.15) is 0 Å². The van der Waals surface area contributed by atoms with Crippen LogP contribution in [0.2, 0.25) is 0 Å². The van der Waals surface area contributed by atoms with Gasteiger partial charge < -0.3 is 11.1 Å². The Morgan fingerprint density at radius 3 is 2.53 bits per heavy atom. The SMILES string of the molecule is CC1CCC(NC(=O)C(N)c2ccccc2)CC1C. The molecule has 4 unspecified atom stereocenters. The Balaban J connectivity index is 1.91. The van der Waals surface area contributed by atoms with Crippen molar-refractivity contribution in [2.45, 2.75) is 45.2 Å². The molecule has 0 saturated heterocycles. The van der Waals surface area contributed by atoms with Gasteiger partial charge in [0, 0.05) is 6.04 Å². The van der Waals surface area contributed by atoms with E-state index in [9.17, 15) is 4.79 Å². The molecule has 1 aromatic carbocycles. The smallest absolute Gasteiger partial charge is 0.241 e. The van der Waals surface area contributed by atoms with Crippen molar-refractivity contribution in [3.8, 4) is 0 Å². The van der Waals surface area contributed by atoms with Crippen LogP contribution in [0.3, 0.4) is 0 Å². The molecular formula is C16H24N2O. The summed E-state index contributed by atoms with van der Waals surface area (Å²) in [5, 5.41) is 3.10. The Labute approximate surface area is 115 Å². The summed E-state index contributed by atoms with van der Waals surface area (Å²) in [6, 6.07) is 9.27. The minimum Gasteiger partial charge on any atom is -0.352 e. The standard InChI is InChI=1S/C16H24N2O/c1-11-8-9-14(10-12(11)2)18-16(19)15(17)13-6-4-3-5-7-13/h3-7,11-12,14-15H,8-10,17H2,1-2H3,(H,18,19). The van der Waals surface area contributed by atoms with Gasteiger partial charge >= 0.3 is 0 Å². The summed E-state index contributed by atoms with van der Waals surface area (Å²) in [4.78, 5) is 12.2. The maximum Gasteiger partial charge on any atom is 0.241 e. The van der Waals surface area contributed by atoms with E-state index in [4.69, 9.17) is 5.73 Å². The van der Waals surface area contributed by atoms with Crippen LogP contribution < -0.4 is 11.1 Å². The Morgan fingerprint density at radius 1 is 1.21 bits per heavy atom. The fourth-order valence-corrected chi connectivity index (χ4v) is 2.78. The van der Waals surface area contributed by atoms with E-state index in [-0.39, 0.29) is 11.9 Å². The summed E-state index contributed by atoms with van der Waals surface area (Å²) < 4.78 is 0. The van der Waals surface area contributed by atoms with Crippen LogP contribution in [-0.4, -0.2) is 11.9 Å². The van der Waals surface area contributed by atoms with Crippen molar-refractivity contribution in [2.24, 2.45) is 17.6 Å². The fraction of sp³-hybridized carbons (Fsp3) is 0.562.